The summed E-state index contributed by atoms with van der Waals surface area (Å²) < 4.78 is 63.1. The van der Waals surface area contributed by atoms with Crippen molar-refractivity contribution in [3.05, 3.63) is 88.7 Å². The molecule has 0 atom stereocenters. The molecular weight excluding hydrogens is 496 g/mol. The lowest BCUT2D eigenvalue weighted by Crippen LogP contribution is -2.20. The summed E-state index contributed by atoms with van der Waals surface area (Å²) in [6, 6.07) is 15.7. The van der Waals surface area contributed by atoms with E-state index in [4.69, 9.17) is 4.74 Å². The van der Waals surface area contributed by atoms with Gasteiger partial charge in [-0.15, -0.1) is 0 Å². The first-order valence-electron chi connectivity index (χ1n) is 10.6. The number of fused-ring (bicyclic) bond motifs is 1. The van der Waals surface area contributed by atoms with E-state index in [1.807, 2.05) is 6.92 Å². The van der Waals surface area contributed by atoms with Gasteiger partial charge in [-0.2, -0.15) is 4.99 Å². The number of anilines is 1. The SMILES string of the molecule is CCOCCn1c(=NC(=O)c2cccc(NS(=O)(=O)c3ccccc3)c2)sc2cc(F)cc(F)c21. The van der Waals surface area contributed by atoms with Crippen molar-refractivity contribution < 1.29 is 26.7 Å². The second kappa shape index (κ2) is 10.5. The molecule has 3 aromatic carbocycles. The average Bonchev–Trinajstić information content (AvgIpc) is 3.16. The van der Waals surface area contributed by atoms with Crippen LogP contribution in [0.25, 0.3) is 10.2 Å². The molecule has 0 saturated heterocycles. The van der Waals surface area contributed by atoms with Gasteiger partial charge >= 0.3 is 0 Å². The van der Waals surface area contributed by atoms with E-state index in [1.165, 1.54) is 47.0 Å². The van der Waals surface area contributed by atoms with Gasteiger partial charge in [-0.05, 0) is 43.3 Å². The van der Waals surface area contributed by atoms with Crippen molar-refractivity contribution in [1.29, 1.82) is 0 Å². The summed E-state index contributed by atoms with van der Waals surface area (Å²) in [4.78, 5) is 17.3. The van der Waals surface area contributed by atoms with Crippen molar-refractivity contribution in [3.63, 3.8) is 0 Å². The number of nitrogens with one attached hydrogen (secondary N) is 1. The minimum atomic E-state index is -3.85. The second-order valence-electron chi connectivity index (χ2n) is 7.38. The summed E-state index contributed by atoms with van der Waals surface area (Å²) in [6.45, 7) is 2.73. The molecular formula is C24H21F2N3O4S2. The molecule has 0 bridgehead atoms. The van der Waals surface area contributed by atoms with Gasteiger partial charge in [0.15, 0.2) is 10.6 Å². The van der Waals surface area contributed by atoms with Gasteiger partial charge < -0.3 is 9.30 Å². The standard InChI is InChI=1S/C24H21F2N3O4S2/c1-2-33-12-11-29-22-20(26)14-17(25)15-21(22)34-24(29)27-23(30)16-7-6-8-18(13-16)28-35(31,32)19-9-4-3-5-10-19/h3-10,13-15,28H,2,11-12H2,1H3. The topological polar surface area (TPSA) is 89.8 Å². The van der Waals surface area contributed by atoms with Crippen LogP contribution in [-0.4, -0.2) is 32.1 Å². The van der Waals surface area contributed by atoms with Crippen LogP contribution < -0.4 is 9.52 Å². The molecule has 182 valence electrons. The number of ether oxygens (including phenoxy) is 1. The molecule has 1 amide bonds. The smallest absolute Gasteiger partial charge is 0.279 e. The van der Waals surface area contributed by atoms with Crippen LogP contribution in [-0.2, 0) is 21.3 Å². The highest BCUT2D eigenvalue weighted by Gasteiger charge is 2.16. The highest BCUT2D eigenvalue weighted by atomic mass is 32.2. The number of rotatable bonds is 8. The number of thiazole rings is 1. The average molecular weight is 518 g/mol. The van der Waals surface area contributed by atoms with Crippen molar-refractivity contribution in [2.45, 2.75) is 18.4 Å². The van der Waals surface area contributed by atoms with Crippen molar-refractivity contribution in [3.8, 4) is 0 Å². The fourth-order valence-corrected chi connectivity index (χ4v) is 5.57. The number of hydrogen-bond acceptors (Lipinski definition) is 5. The summed E-state index contributed by atoms with van der Waals surface area (Å²) in [5.41, 5.74) is 0.439. The van der Waals surface area contributed by atoms with Gasteiger partial charge in [0.2, 0.25) is 0 Å². The van der Waals surface area contributed by atoms with Gasteiger partial charge in [0, 0.05) is 30.5 Å². The maximum Gasteiger partial charge on any atom is 0.279 e. The lowest BCUT2D eigenvalue weighted by Gasteiger charge is -2.09. The van der Waals surface area contributed by atoms with Crippen molar-refractivity contribution >= 4 is 43.2 Å². The molecule has 7 nitrogen and oxygen atoms in total. The van der Waals surface area contributed by atoms with Gasteiger partial charge in [0.05, 0.1) is 21.7 Å². The molecule has 0 fully saturated rings. The number of nitrogens with zero attached hydrogens (tertiary/aromatic N) is 2. The molecule has 4 aromatic rings. The molecule has 0 unspecified atom stereocenters. The third kappa shape index (κ3) is 5.64. The normalized spacial score (nSPS) is 12.3. The van der Waals surface area contributed by atoms with Gasteiger partial charge in [-0.25, -0.2) is 17.2 Å². The molecule has 0 aliphatic carbocycles. The van der Waals surface area contributed by atoms with Crippen molar-refractivity contribution in [2.24, 2.45) is 4.99 Å². The molecule has 0 saturated carbocycles. The zero-order valence-electron chi connectivity index (χ0n) is 18.6. The predicted molar refractivity (Wildman–Crippen MR) is 130 cm³/mol. The third-order valence-corrected chi connectivity index (χ3v) is 7.39. The number of halogens is 2. The number of sulfonamides is 1. The highest BCUT2D eigenvalue weighted by molar-refractivity contribution is 7.92. The fraction of sp³-hybridized carbons (Fsp3) is 0.167. The van der Waals surface area contributed by atoms with Crippen LogP contribution in [0.2, 0.25) is 0 Å². The maximum absolute atomic E-state index is 14.6. The Labute approximate surface area is 204 Å². The summed E-state index contributed by atoms with van der Waals surface area (Å²) in [5.74, 6) is -2.16. The van der Waals surface area contributed by atoms with E-state index >= 15 is 0 Å². The molecule has 35 heavy (non-hydrogen) atoms. The molecule has 0 radical (unpaired) electrons. The lowest BCUT2D eigenvalue weighted by molar-refractivity contribution is 0.0996. The van der Waals surface area contributed by atoms with Gasteiger partial charge in [0.25, 0.3) is 15.9 Å². The highest BCUT2D eigenvalue weighted by Crippen LogP contribution is 2.23. The van der Waals surface area contributed by atoms with Crippen LogP contribution in [0.3, 0.4) is 0 Å². The first kappa shape index (κ1) is 24.7. The summed E-state index contributed by atoms with van der Waals surface area (Å²) >= 11 is 0.973. The zero-order chi connectivity index (χ0) is 25.0. The molecule has 11 heteroatoms. The number of carbonyl (C=O) groups excluding carboxylic acids is 1. The second-order valence-corrected chi connectivity index (χ2v) is 10.1. The van der Waals surface area contributed by atoms with Crippen LogP contribution in [0.5, 0.6) is 0 Å². The molecule has 1 N–H and O–H groups in total. The van der Waals surface area contributed by atoms with E-state index in [0.717, 1.165) is 17.4 Å². The fourth-order valence-electron chi connectivity index (χ4n) is 3.40. The van der Waals surface area contributed by atoms with Crippen LogP contribution in [0.4, 0.5) is 14.5 Å². The molecule has 0 aliphatic heterocycles. The third-order valence-electron chi connectivity index (χ3n) is 4.97. The van der Waals surface area contributed by atoms with Crippen LogP contribution in [0.1, 0.15) is 17.3 Å². The predicted octanol–water partition coefficient (Wildman–Crippen LogP) is 4.56. The summed E-state index contributed by atoms with van der Waals surface area (Å²) in [7, 11) is -3.85. The van der Waals surface area contributed by atoms with Crippen molar-refractivity contribution in [2.75, 3.05) is 17.9 Å². The van der Waals surface area contributed by atoms with Gasteiger partial charge in [-0.1, -0.05) is 35.6 Å². The number of amides is 1. The van der Waals surface area contributed by atoms with E-state index in [1.54, 1.807) is 18.2 Å². The lowest BCUT2D eigenvalue weighted by atomic mass is 10.2. The largest absolute Gasteiger partial charge is 0.380 e. The summed E-state index contributed by atoms with van der Waals surface area (Å²) in [5, 5.41) is 0. The van der Waals surface area contributed by atoms with E-state index in [0.29, 0.717) is 11.3 Å². The molecule has 0 aliphatic rings. The Balaban J connectivity index is 1.69. The Morgan fingerprint density at radius 1 is 1.09 bits per heavy atom. The zero-order valence-corrected chi connectivity index (χ0v) is 20.2. The number of benzene rings is 3. The van der Waals surface area contributed by atoms with Crippen LogP contribution in [0, 0.1) is 11.6 Å². The minimum Gasteiger partial charge on any atom is -0.380 e. The number of aromatic nitrogens is 1. The van der Waals surface area contributed by atoms with E-state index in [9.17, 15) is 22.0 Å². The van der Waals surface area contributed by atoms with Crippen LogP contribution >= 0.6 is 11.3 Å². The number of hydrogen-bond donors (Lipinski definition) is 1. The number of carbonyl (C=O) groups is 1. The van der Waals surface area contributed by atoms with Crippen molar-refractivity contribution in [1.82, 2.24) is 4.57 Å². The molecule has 1 heterocycles. The Bertz CT molecular complexity index is 1550. The molecule has 1 aromatic heterocycles. The molecule has 4 rings (SSSR count). The first-order chi connectivity index (χ1) is 16.8. The van der Waals surface area contributed by atoms with E-state index in [2.05, 4.69) is 9.71 Å². The first-order valence-corrected chi connectivity index (χ1v) is 12.9. The monoisotopic (exact) mass is 517 g/mol. The molecule has 0 spiro atoms. The Kier molecular flexibility index (Phi) is 7.39. The Morgan fingerprint density at radius 2 is 1.86 bits per heavy atom. The Morgan fingerprint density at radius 3 is 2.60 bits per heavy atom. The van der Waals surface area contributed by atoms with E-state index < -0.39 is 27.6 Å². The maximum atomic E-state index is 14.6. The van der Waals surface area contributed by atoms with Crippen LogP contribution in [0.15, 0.2) is 76.6 Å². The minimum absolute atomic E-state index is 0.0799. The quantitative estimate of drug-likeness (QED) is 0.347. The van der Waals surface area contributed by atoms with Gasteiger partial charge in [-0.3, -0.25) is 9.52 Å². The van der Waals surface area contributed by atoms with E-state index in [-0.39, 0.29) is 39.6 Å². The Hall–Kier alpha value is -3.41. The summed E-state index contributed by atoms with van der Waals surface area (Å²) in [6.07, 6.45) is 0. The van der Waals surface area contributed by atoms with Gasteiger partial charge in [0.1, 0.15) is 5.82 Å².